The first-order valence-corrected chi connectivity index (χ1v) is 5.63. The van der Waals surface area contributed by atoms with E-state index in [0.29, 0.717) is 0 Å². The van der Waals surface area contributed by atoms with Crippen LogP contribution in [0.25, 0.3) is 0 Å². The van der Waals surface area contributed by atoms with Crippen LogP contribution in [0.2, 0.25) is 0 Å². The van der Waals surface area contributed by atoms with E-state index in [1.165, 1.54) is 5.56 Å². The van der Waals surface area contributed by atoms with Crippen LogP contribution in [0.15, 0.2) is 30.3 Å². The summed E-state index contributed by atoms with van der Waals surface area (Å²) in [6.45, 7) is 2.14. The van der Waals surface area contributed by atoms with Crippen molar-refractivity contribution in [1.29, 1.82) is 0 Å². The molecular weight excluding hydrogens is 204 g/mol. The van der Waals surface area contributed by atoms with E-state index in [0.717, 1.165) is 0 Å². The van der Waals surface area contributed by atoms with Gasteiger partial charge in [-0.25, -0.2) is 0 Å². The fourth-order valence-electron chi connectivity index (χ4n) is 3.02. The quantitative estimate of drug-likeness (QED) is 0.659. The van der Waals surface area contributed by atoms with Crippen LogP contribution in [0, 0.1) is 0 Å². The summed E-state index contributed by atoms with van der Waals surface area (Å²) in [4.78, 5) is 11.7. The molecule has 16 heavy (non-hydrogen) atoms. The van der Waals surface area contributed by atoms with E-state index in [9.17, 15) is 4.79 Å². The molecule has 1 aromatic carbocycles. The van der Waals surface area contributed by atoms with Crippen LogP contribution in [0.1, 0.15) is 12.5 Å². The summed E-state index contributed by atoms with van der Waals surface area (Å²) in [5.74, 6) is 0.142. The van der Waals surface area contributed by atoms with Crippen LogP contribution in [0.5, 0.6) is 0 Å². The van der Waals surface area contributed by atoms with E-state index in [4.69, 9.17) is 9.47 Å². The first-order chi connectivity index (χ1) is 7.73. The predicted molar refractivity (Wildman–Crippen MR) is 56.1 cm³/mol. The lowest BCUT2D eigenvalue weighted by molar-refractivity contribution is -0.121. The molecule has 0 bridgehead atoms. The van der Waals surface area contributed by atoms with Gasteiger partial charge in [0.2, 0.25) is 0 Å². The Balaban J connectivity index is 1.80. The molecule has 4 unspecified atom stereocenters. The van der Waals surface area contributed by atoms with Gasteiger partial charge in [-0.2, -0.15) is 0 Å². The van der Waals surface area contributed by atoms with Crippen molar-refractivity contribution in [2.75, 3.05) is 0 Å². The van der Waals surface area contributed by atoms with Gasteiger partial charge < -0.3 is 9.47 Å². The van der Waals surface area contributed by atoms with E-state index in [1.807, 2.05) is 18.2 Å². The fourth-order valence-corrected chi connectivity index (χ4v) is 3.02. The van der Waals surface area contributed by atoms with Gasteiger partial charge in [-0.1, -0.05) is 37.3 Å². The number of ketones is 1. The van der Waals surface area contributed by atoms with Gasteiger partial charge in [0.05, 0.1) is 5.41 Å². The molecular formula is C13H12O3. The Kier molecular flexibility index (Phi) is 1.42. The number of benzene rings is 1. The average molecular weight is 216 g/mol. The molecule has 3 nitrogen and oxygen atoms in total. The van der Waals surface area contributed by atoms with Crippen molar-refractivity contribution in [3.63, 3.8) is 0 Å². The molecule has 1 aliphatic carbocycles. The third kappa shape index (κ3) is 0.890. The Morgan fingerprint density at radius 3 is 2.19 bits per heavy atom. The molecule has 0 N–H and O–H groups in total. The summed E-state index contributed by atoms with van der Waals surface area (Å²) >= 11 is 0. The van der Waals surface area contributed by atoms with Gasteiger partial charge in [0.25, 0.3) is 0 Å². The molecule has 0 spiro atoms. The molecule has 4 atom stereocenters. The summed E-state index contributed by atoms with van der Waals surface area (Å²) < 4.78 is 11.1. The number of hydrogen-bond acceptors (Lipinski definition) is 3. The second kappa shape index (κ2) is 2.55. The minimum Gasteiger partial charge on any atom is -0.360 e. The number of epoxide rings is 2. The van der Waals surface area contributed by atoms with E-state index < -0.39 is 0 Å². The van der Waals surface area contributed by atoms with Gasteiger partial charge >= 0.3 is 0 Å². The zero-order chi connectivity index (χ0) is 10.9. The number of carbonyl (C=O) groups is 1. The molecule has 2 heterocycles. The first kappa shape index (κ1) is 8.90. The third-order valence-electron chi connectivity index (χ3n) is 4.12. The van der Waals surface area contributed by atoms with Crippen LogP contribution in [-0.4, -0.2) is 30.2 Å². The molecule has 1 aromatic rings. The molecule has 0 aromatic heterocycles. The second-order valence-corrected chi connectivity index (χ2v) is 5.01. The van der Waals surface area contributed by atoms with Gasteiger partial charge in [0.15, 0.2) is 5.78 Å². The lowest BCUT2D eigenvalue weighted by atomic mass is 9.70. The maximum Gasteiger partial charge on any atom is 0.195 e. The van der Waals surface area contributed by atoms with Crippen molar-refractivity contribution in [3.05, 3.63) is 35.9 Å². The topological polar surface area (TPSA) is 42.1 Å². The average Bonchev–Trinajstić information content (AvgIpc) is 3.17. The van der Waals surface area contributed by atoms with Crippen LogP contribution >= 0.6 is 0 Å². The Labute approximate surface area is 93.4 Å². The number of rotatable bonds is 1. The minimum atomic E-state index is -0.214. The van der Waals surface area contributed by atoms with Crippen molar-refractivity contribution in [2.24, 2.45) is 0 Å². The molecule has 1 saturated carbocycles. The third-order valence-corrected chi connectivity index (χ3v) is 4.12. The lowest BCUT2D eigenvalue weighted by Crippen LogP contribution is -2.44. The Morgan fingerprint density at radius 2 is 1.62 bits per heavy atom. The number of ether oxygens (including phenoxy) is 2. The van der Waals surface area contributed by atoms with Crippen LogP contribution < -0.4 is 0 Å². The predicted octanol–water partition coefficient (Wildman–Crippen LogP) is 1.06. The highest BCUT2D eigenvalue weighted by Crippen LogP contribution is 2.56. The van der Waals surface area contributed by atoms with Gasteiger partial charge in [0.1, 0.15) is 24.4 Å². The molecule has 82 valence electrons. The van der Waals surface area contributed by atoms with Gasteiger partial charge in [-0.05, 0) is 5.56 Å². The van der Waals surface area contributed by atoms with Crippen molar-refractivity contribution >= 4 is 5.78 Å². The first-order valence-electron chi connectivity index (χ1n) is 5.63. The largest absolute Gasteiger partial charge is 0.360 e. The Morgan fingerprint density at radius 1 is 1.06 bits per heavy atom. The summed E-state index contributed by atoms with van der Waals surface area (Å²) in [5.41, 5.74) is 1.06. The Hall–Kier alpha value is -1.19. The number of carbonyl (C=O) groups excluding carboxylic acids is 1. The summed E-state index contributed by atoms with van der Waals surface area (Å²) in [6, 6.07) is 10.2. The van der Waals surface area contributed by atoms with Gasteiger partial charge in [-0.3, -0.25) is 4.79 Å². The standard InChI is InChI=1S/C13H12O3/c1-13(7-5-3-2-4-6-7)11-9(15-11)8(14)10-12(13)16-10/h2-6,9-12H,1H3. The van der Waals surface area contributed by atoms with Crippen molar-refractivity contribution in [2.45, 2.75) is 36.8 Å². The van der Waals surface area contributed by atoms with E-state index >= 15 is 0 Å². The minimum absolute atomic E-state index is 0.0196. The maximum atomic E-state index is 11.7. The molecule has 0 amide bonds. The van der Waals surface area contributed by atoms with Crippen molar-refractivity contribution in [3.8, 4) is 0 Å². The van der Waals surface area contributed by atoms with Gasteiger partial charge in [-0.15, -0.1) is 0 Å². The summed E-state index contributed by atoms with van der Waals surface area (Å²) in [6.07, 6.45) is -0.389. The SMILES string of the molecule is CC1(c2ccccc2)C2OC2C(=O)C2OC21. The molecule has 0 radical (unpaired) electrons. The highest BCUT2D eigenvalue weighted by atomic mass is 16.6. The van der Waals surface area contributed by atoms with Crippen molar-refractivity contribution < 1.29 is 14.3 Å². The summed E-state index contributed by atoms with van der Waals surface area (Å²) in [5, 5.41) is 0. The summed E-state index contributed by atoms with van der Waals surface area (Å²) in [7, 11) is 0. The van der Waals surface area contributed by atoms with Gasteiger partial charge in [0, 0.05) is 0 Å². The highest BCUT2D eigenvalue weighted by Gasteiger charge is 2.74. The normalized spacial score (nSPS) is 48.2. The second-order valence-electron chi connectivity index (χ2n) is 5.01. The maximum absolute atomic E-state index is 11.7. The zero-order valence-corrected chi connectivity index (χ0v) is 8.92. The Bertz CT molecular complexity index is 447. The van der Waals surface area contributed by atoms with Crippen molar-refractivity contribution in [1.82, 2.24) is 0 Å². The van der Waals surface area contributed by atoms with E-state index in [-0.39, 0.29) is 35.6 Å². The fraction of sp³-hybridized carbons (Fsp3) is 0.462. The zero-order valence-electron chi connectivity index (χ0n) is 8.92. The molecule has 3 heteroatoms. The molecule has 2 saturated heterocycles. The number of Topliss-reactive ketones (excluding diaryl/α,β-unsaturated/α-hetero) is 1. The van der Waals surface area contributed by atoms with Crippen LogP contribution in [-0.2, 0) is 19.7 Å². The monoisotopic (exact) mass is 216 g/mol. The van der Waals surface area contributed by atoms with E-state index in [1.54, 1.807) is 0 Å². The van der Waals surface area contributed by atoms with Crippen LogP contribution in [0.3, 0.4) is 0 Å². The molecule has 4 rings (SSSR count). The lowest BCUT2D eigenvalue weighted by Gasteiger charge is -2.28. The number of hydrogen-bond donors (Lipinski definition) is 0. The van der Waals surface area contributed by atoms with Crippen LogP contribution in [0.4, 0.5) is 0 Å². The van der Waals surface area contributed by atoms with E-state index in [2.05, 4.69) is 19.1 Å². The number of fused-ring (bicyclic) bond motifs is 2. The smallest absolute Gasteiger partial charge is 0.195 e. The molecule has 2 aliphatic heterocycles. The highest BCUT2D eigenvalue weighted by molar-refractivity contribution is 5.95. The molecule has 3 fully saturated rings. The molecule has 3 aliphatic rings.